The third-order valence-corrected chi connectivity index (χ3v) is 5.04. The molecule has 8 heteroatoms. The van der Waals surface area contributed by atoms with E-state index in [1.807, 2.05) is 32.0 Å². The van der Waals surface area contributed by atoms with Crippen molar-refractivity contribution in [3.8, 4) is 23.0 Å². The van der Waals surface area contributed by atoms with E-state index >= 15 is 0 Å². The van der Waals surface area contributed by atoms with Crippen molar-refractivity contribution < 1.29 is 28.3 Å². The first-order valence-electron chi connectivity index (χ1n) is 9.94. The molecule has 0 bridgehead atoms. The van der Waals surface area contributed by atoms with Crippen molar-refractivity contribution >= 4 is 5.91 Å². The number of aryl methyl sites for hydroxylation is 2. The highest BCUT2D eigenvalue weighted by Crippen LogP contribution is 2.31. The van der Waals surface area contributed by atoms with Crippen LogP contribution in [0.1, 0.15) is 32.9 Å². The maximum Gasteiger partial charge on any atom is 0.251 e. The smallest absolute Gasteiger partial charge is 0.251 e. The lowest BCUT2D eigenvalue weighted by Gasteiger charge is -2.19. The molecule has 3 aromatic rings. The number of hydrogen-bond donors (Lipinski definition) is 1. The lowest BCUT2D eigenvalue weighted by molar-refractivity contribution is 0.0950. The fourth-order valence-electron chi connectivity index (χ4n) is 3.27. The highest BCUT2D eigenvalue weighted by atomic mass is 16.6. The molecular weight excluding hydrogens is 400 g/mol. The van der Waals surface area contributed by atoms with Crippen molar-refractivity contribution in [2.45, 2.75) is 27.0 Å². The van der Waals surface area contributed by atoms with E-state index in [0.29, 0.717) is 54.9 Å². The fraction of sp³-hybridized carbons (Fsp3) is 0.304. The van der Waals surface area contributed by atoms with Gasteiger partial charge in [-0.15, -0.1) is 0 Å². The number of methoxy groups -OCH3 is 1. The van der Waals surface area contributed by atoms with Crippen LogP contribution in [-0.2, 0) is 13.2 Å². The number of ether oxygens (including phenoxy) is 4. The predicted molar refractivity (Wildman–Crippen MR) is 112 cm³/mol. The molecule has 8 nitrogen and oxygen atoms in total. The van der Waals surface area contributed by atoms with Gasteiger partial charge in [0.2, 0.25) is 0 Å². The summed E-state index contributed by atoms with van der Waals surface area (Å²) in [5.74, 6) is 2.92. The molecule has 0 spiro atoms. The number of carbonyl (C=O) groups is 1. The Morgan fingerprint density at radius 1 is 1.06 bits per heavy atom. The minimum atomic E-state index is -0.217. The Labute approximate surface area is 180 Å². The van der Waals surface area contributed by atoms with Crippen LogP contribution in [0, 0.1) is 13.8 Å². The lowest BCUT2D eigenvalue weighted by Crippen LogP contribution is -2.23. The molecule has 0 fully saturated rings. The Morgan fingerprint density at radius 2 is 1.87 bits per heavy atom. The van der Waals surface area contributed by atoms with Gasteiger partial charge in [0.1, 0.15) is 25.6 Å². The molecule has 1 aliphatic heterocycles. The van der Waals surface area contributed by atoms with E-state index < -0.39 is 0 Å². The van der Waals surface area contributed by atoms with Crippen LogP contribution < -0.4 is 24.3 Å². The second-order valence-corrected chi connectivity index (χ2v) is 7.12. The summed E-state index contributed by atoms with van der Waals surface area (Å²) in [7, 11) is 1.54. The number of nitrogens with zero attached hydrogens (tertiary/aromatic N) is 1. The zero-order valence-electron chi connectivity index (χ0n) is 17.7. The van der Waals surface area contributed by atoms with Gasteiger partial charge < -0.3 is 28.8 Å². The largest absolute Gasteiger partial charge is 0.493 e. The van der Waals surface area contributed by atoms with Crippen LogP contribution in [0.3, 0.4) is 0 Å². The van der Waals surface area contributed by atoms with Gasteiger partial charge in [0.15, 0.2) is 23.0 Å². The summed E-state index contributed by atoms with van der Waals surface area (Å²) in [6.07, 6.45) is 0. The number of rotatable bonds is 7. The molecule has 162 valence electrons. The molecule has 0 saturated carbocycles. The maximum atomic E-state index is 12.6. The summed E-state index contributed by atoms with van der Waals surface area (Å²) >= 11 is 0. The van der Waals surface area contributed by atoms with Crippen molar-refractivity contribution in [3.05, 3.63) is 64.5 Å². The van der Waals surface area contributed by atoms with E-state index in [0.717, 1.165) is 22.6 Å². The Balaban J connectivity index is 1.40. The summed E-state index contributed by atoms with van der Waals surface area (Å²) in [5, 5.41) is 6.83. The Morgan fingerprint density at radius 3 is 2.61 bits per heavy atom. The first-order valence-corrected chi connectivity index (χ1v) is 9.94. The van der Waals surface area contributed by atoms with Crippen LogP contribution in [0.15, 0.2) is 40.9 Å². The van der Waals surface area contributed by atoms with Gasteiger partial charge in [-0.25, -0.2) is 0 Å². The van der Waals surface area contributed by atoms with Crippen molar-refractivity contribution in [2.24, 2.45) is 0 Å². The van der Waals surface area contributed by atoms with Crippen LogP contribution >= 0.6 is 0 Å². The fourth-order valence-corrected chi connectivity index (χ4v) is 3.27. The first-order chi connectivity index (χ1) is 15.0. The van der Waals surface area contributed by atoms with Crippen molar-refractivity contribution in [3.63, 3.8) is 0 Å². The van der Waals surface area contributed by atoms with E-state index in [4.69, 9.17) is 23.5 Å². The minimum absolute atomic E-state index is 0.217. The topological polar surface area (TPSA) is 92.1 Å². The number of aromatic nitrogens is 1. The highest BCUT2D eigenvalue weighted by Gasteiger charge is 2.15. The molecule has 4 rings (SSSR count). The number of nitrogens with one attached hydrogen (secondary N) is 1. The molecule has 1 N–H and O–H groups in total. The molecule has 0 atom stereocenters. The molecule has 0 unspecified atom stereocenters. The first kappa shape index (κ1) is 20.6. The molecular formula is C23H24N2O6. The molecule has 1 amide bonds. The zero-order valence-corrected chi connectivity index (χ0v) is 17.7. The van der Waals surface area contributed by atoms with Gasteiger partial charge in [-0.05, 0) is 49.7 Å². The number of benzene rings is 2. The van der Waals surface area contributed by atoms with Crippen LogP contribution in [0.4, 0.5) is 0 Å². The van der Waals surface area contributed by atoms with Crippen LogP contribution in [0.25, 0.3) is 0 Å². The predicted octanol–water partition coefficient (Wildman–Crippen LogP) is 3.58. The van der Waals surface area contributed by atoms with Crippen LogP contribution in [0.2, 0.25) is 0 Å². The van der Waals surface area contributed by atoms with E-state index in [9.17, 15) is 4.79 Å². The molecule has 0 saturated heterocycles. The molecule has 1 aromatic heterocycles. The van der Waals surface area contributed by atoms with Gasteiger partial charge >= 0.3 is 0 Å². The monoisotopic (exact) mass is 424 g/mol. The van der Waals surface area contributed by atoms with Crippen LogP contribution in [0.5, 0.6) is 23.0 Å². The summed E-state index contributed by atoms with van der Waals surface area (Å²) in [4.78, 5) is 12.6. The quantitative estimate of drug-likeness (QED) is 0.620. The van der Waals surface area contributed by atoms with Gasteiger partial charge in [0.25, 0.3) is 5.91 Å². The van der Waals surface area contributed by atoms with Gasteiger partial charge in [-0.3, -0.25) is 4.79 Å². The second kappa shape index (κ2) is 8.99. The average Bonchev–Trinajstić information content (AvgIpc) is 3.12. The van der Waals surface area contributed by atoms with E-state index in [1.54, 1.807) is 18.2 Å². The summed E-state index contributed by atoms with van der Waals surface area (Å²) in [6.45, 7) is 5.43. The summed E-state index contributed by atoms with van der Waals surface area (Å²) in [5.41, 5.74) is 3.07. The third-order valence-electron chi connectivity index (χ3n) is 5.04. The molecule has 1 aliphatic rings. The molecule has 0 radical (unpaired) electrons. The number of amides is 1. The normalized spacial score (nSPS) is 12.4. The zero-order chi connectivity index (χ0) is 21.8. The minimum Gasteiger partial charge on any atom is -0.493 e. The number of carbonyl (C=O) groups excluding carboxylic acids is 1. The second-order valence-electron chi connectivity index (χ2n) is 7.12. The van der Waals surface area contributed by atoms with Gasteiger partial charge in [-0.1, -0.05) is 11.2 Å². The summed E-state index contributed by atoms with van der Waals surface area (Å²) in [6, 6.07) is 10.7. The van der Waals surface area contributed by atoms with Crippen molar-refractivity contribution in [1.29, 1.82) is 0 Å². The molecule has 2 aromatic carbocycles. The number of fused-ring (bicyclic) bond motifs is 1. The lowest BCUT2D eigenvalue weighted by atomic mass is 10.1. The Bertz CT molecular complexity index is 1070. The van der Waals surface area contributed by atoms with Crippen molar-refractivity contribution in [1.82, 2.24) is 10.5 Å². The summed E-state index contributed by atoms with van der Waals surface area (Å²) < 4.78 is 27.5. The SMILES string of the molecule is COc1cc(C(=O)NCc2ccc3c(c2)OCCO3)ccc1OCc1c(C)noc1C. The van der Waals surface area contributed by atoms with Crippen molar-refractivity contribution in [2.75, 3.05) is 20.3 Å². The van der Waals surface area contributed by atoms with Gasteiger partial charge in [0.05, 0.1) is 18.4 Å². The third kappa shape index (κ3) is 4.58. The van der Waals surface area contributed by atoms with Crippen LogP contribution in [-0.4, -0.2) is 31.4 Å². The average molecular weight is 424 g/mol. The van der Waals surface area contributed by atoms with E-state index in [-0.39, 0.29) is 5.91 Å². The standard InChI is InChI=1S/C23H24N2O6/c1-14-18(15(2)31-25-14)13-30-19-7-5-17(11-21(19)27-3)23(26)24-12-16-4-6-20-22(10-16)29-9-8-28-20/h4-7,10-11H,8-9,12-13H2,1-3H3,(H,24,26). The Kier molecular flexibility index (Phi) is 5.97. The number of hydrogen-bond acceptors (Lipinski definition) is 7. The molecule has 31 heavy (non-hydrogen) atoms. The van der Waals surface area contributed by atoms with E-state index in [1.165, 1.54) is 7.11 Å². The molecule has 0 aliphatic carbocycles. The van der Waals surface area contributed by atoms with Gasteiger partial charge in [0, 0.05) is 12.1 Å². The highest BCUT2D eigenvalue weighted by molar-refractivity contribution is 5.94. The van der Waals surface area contributed by atoms with Gasteiger partial charge in [-0.2, -0.15) is 0 Å². The Hall–Kier alpha value is -3.68. The molecule has 2 heterocycles. The van der Waals surface area contributed by atoms with E-state index in [2.05, 4.69) is 10.5 Å². The maximum absolute atomic E-state index is 12.6.